The molecule has 0 aromatic heterocycles. The Morgan fingerprint density at radius 3 is 2.41 bits per heavy atom. The Hall–Kier alpha value is -1.12. The van der Waals surface area contributed by atoms with Crippen molar-refractivity contribution in [3.05, 3.63) is 69.2 Å². The summed E-state index contributed by atoms with van der Waals surface area (Å²) in [5.41, 5.74) is 6.23. The smallest absolute Gasteiger partial charge is 0.0732 e. The van der Waals surface area contributed by atoms with E-state index < -0.39 is 0 Å². The second kappa shape index (κ2) is 4.04. The van der Waals surface area contributed by atoms with E-state index in [1.54, 1.807) is 5.56 Å². The van der Waals surface area contributed by atoms with Crippen LogP contribution in [0.4, 0.5) is 0 Å². The molecule has 2 aromatic carbocycles. The summed E-state index contributed by atoms with van der Waals surface area (Å²) in [5.74, 6) is 0. The fraction of sp³-hybridized carbons (Fsp3) is 0.400. The molecule has 22 heavy (non-hydrogen) atoms. The topological polar surface area (TPSA) is 3.24 Å². The maximum atomic E-state index is 3.69. The van der Waals surface area contributed by atoms with Gasteiger partial charge in [0.2, 0.25) is 0 Å². The van der Waals surface area contributed by atoms with E-state index >= 15 is 0 Å². The molecule has 112 valence electrons. The van der Waals surface area contributed by atoms with Crippen molar-refractivity contribution in [2.75, 3.05) is 0 Å². The average Bonchev–Trinajstić information content (AvgIpc) is 3.30. The third-order valence-electron chi connectivity index (χ3n) is 6.17. The summed E-state index contributed by atoms with van der Waals surface area (Å²) in [4.78, 5) is 2.85. The van der Waals surface area contributed by atoms with E-state index in [-0.39, 0.29) is 11.1 Å². The van der Waals surface area contributed by atoms with Gasteiger partial charge in [-0.1, -0.05) is 53.2 Å². The normalized spacial score (nSPS) is 32.1. The first-order valence-electron chi connectivity index (χ1n) is 8.34. The van der Waals surface area contributed by atoms with E-state index in [2.05, 4.69) is 77.1 Å². The van der Waals surface area contributed by atoms with Crippen molar-refractivity contribution in [1.82, 2.24) is 4.90 Å². The minimum absolute atomic E-state index is 0.0346. The standard InChI is InChI=1S/C20H20BrN/c1-3-20-16-7-5-4-6-15(16)19(2,22(20)14-9-10-14)18-12-13(21)8-11-17(18)20/h4-8,11-12,14H,3,9-10H2,1-2H3. The minimum Gasteiger partial charge on any atom is -0.273 e. The van der Waals surface area contributed by atoms with Gasteiger partial charge in [0.25, 0.3) is 0 Å². The van der Waals surface area contributed by atoms with E-state index in [1.165, 1.54) is 34.0 Å². The lowest BCUT2D eigenvalue weighted by molar-refractivity contribution is 0.0727. The van der Waals surface area contributed by atoms with Gasteiger partial charge < -0.3 is 0 Å². The lowest BCUT2D eigenvalue weighted by atomic mass is 9.72. The van der Waals surface area contributed by atoms with Crippen LogP contribution in [0, 0.1) is 0 Å². The molecule has 0 spiro atoms. The van der Waals surface area contributed by atoms with Crippen molar-refractivity contribution >= 4 is 15.9 Å². The zero-order chi connectivity index (χ0) is 15.1. The van der Waals surface area contributed by atoms with Crippen molar-refractivity contribution in [1.29, 1.82) is 0 Å². The molecule has 1 nitrogen and oxygen atoms in total. The summed E-state index contributed by atoms with van der Waals surface area (Å²) in [6, 6.07) is 16.8. The molecule has 0 radical (unpaired) electrons. The van der Waals surface area contributed by atoms with Crippen LogP contribution in [0.3, 0.4) is 0 Å². The molecule has 2 heteroatoms. The number of halogens is 1. The van der Waals surface area contributed by atoms with Gasteiger partial charge in [-0.05, 0) is 60.6 Å². The number of hydrogen-bond acceptors (Lipinski definition) is 1. The van der Waals surface area contributed by atoms with Gasteiger partial charge in [-0.15, -0.1) is 0 Å². The van der Waals surface area contributed by atoms with Crippen molar-refractivity contribution < 1.29 is 0 Å². The SMILES string of the molecule is CCC12c3ccccc3C(C)(c3cc(Br)ccc31)N2C1CC1. The summed E-state index contributed by atoms with van der Waals surface area (Å²) < 4.78 is 1.19. The third kappa shape index (κ3) is 1.27. The highest BCUT2D eigenvalue weighted by molar-refractivity contribution is 9.10. The highest BCUT2D eigenvalue weighted by Crippen LogP contribution is 2.67. The number of nitrogens with zero attached hydrogens (tertiary/aromatic N) is 1. The second-order valence-corrected chi connectivity index (χ2v) is 8.04. The van der Waals surface area contributed by atoms with Crippen molar-refractivity contribution in [3.8, 4) is 0 Å². The third-order valence-corrected chi connectivity index (χ3v) is 6.66. The fourth-order valence-electron chi connectivity index (χ4n) is 5.30. The summed E-state index contributed by atoms with van der Waals surface area (Å²) in [5, 5.41) is 0. The molecule has 2 heterocycles. The predicted octanol–water partition coefficient (Wildman–Crippen LogP) is 5.16. The molecule has 0 amide bonds. The summed E-state index contributed by atoms with van der Waals surface area (Å²) in [6.07, 6.45) is 3.84. The maximum Gasteiger partial charge on any atom is 0.0732 e. The van der Waals surface area contributed by atoms with E-state index in [4.69, 9.17) is 0 Å². The average molecular weight is 354 g/mol. The van der Waals surface area contributed by atoms with Crippen molar-refractivity contribution in [2.45, 2.75) is 50.2 Å². The fourth-order valence-corrected chi connectivity index (χ4v) is 5.66. The molecule has 5 rings (SSSR count). The van der Waals surface area contributed by atoms with Crippen LogP contribution < -0.4 is 0 Å². The molecular formula is C20H20BrN. The van der Waals surface area contributed by atoms with E-state index in [9.17, 15) is 0 Å². The number of rotatable bonds is 2. The lowest BCUT2D eigenvalue weighted by Gasteiger charge is -2.39. The first-order chi connectivity index (χ1) is 10.6. The summed E-state index contributed by atoms with van der Waals surface area (Å²) >= 11 is 3.69. The molecule has 3 aliphatic rings. The molecule has 0 N–H and O–H groups in total. The number of benzene rings is 2. The minimum atomic E-state index is 0.0346. The Kier molecular flexibility index (Phi) is 2.45. The molecule has 1 aliphatic carbocycles. The highest BCUT2D eigenvalue weighted by Gasteiger charge is 2.66. The summed E-state index contributed by atoms with van der Waals surface area (Å²) in [7, 11) is 0. The van der Waals surface area contributed by atoms with E-state index in [1.807, 2.05) is 0 Å². The van der Waals surface area contributed by atoms with Crippen LogP contribution in [0.2, 0.25) is 0 Å². The first-order valence-corrected chi connectivity index (χ1v) is 9.13. The van der Waals surface area contributed by atoms with Gasteiger partial charge in [0, 0.05) is 10.5 Å². The zero-order valence-electron chi connectivity index (χ0n) is 13.1. The highest BCUT2D eigenvalue weighted by atomic mass is 79.9. The number of fused-ring (bicyclic) bond motifs is 8. The zero-order valence-corrected chi connectivity index (χ0v) is 14.7. The Bertz CT molecular complexity index is 794. The van der Waals surface area contributed by atoms with Gasteiger partial charge in [0.1, 0.15) is 0 Å². The Morgan fingerprint density at radius 2 is 1.73 bits per heavy atom. The Morgan fingerprint density at radius 1 is 1.05 bits per heavy atom. The van der Waals surface area contributed by atoms with Crippen molar-refractivity contribution in [2.24, 2.45) is 0 Å². The van der Waals surface area contributed by atoms with Crippen LogP contribution in [0.25, 0.3) is 0 Å². The maximum absolute atomic E-state index is 3.69. The van der Waals surface area contributed by atoms with Gasteiger partial charge in [0.05, 0.1) is 11.1 Å². The van der Waals surface area contributed by atoms with Crippen LogP contribution in [-0.2, 0) is 11.1 Å². The van der Waals surface area contributed by atoms with Gasteiger partial charge in [0.15, 0.2) is 0 Å². The van der Waals surface area contributed by atoms with Crippen LogP contribution in [0.1, 0.15) is 55.4 Å². The Labute approximate surface area is 140 Å². The quantitative estimate of drug-likeness (QED) is 0.720. The molecule has 2 unspecified atom stereocenters. The monoisotopic (exact) mass is 353 g/mol. The van der Waals surface area contributed by atoms with Crippen LogP contribution in [0.15, 0.2) is 46.9 Å². The van der Waals surface area contributed by atoms with E-state index in [0.717, 1.165) is 12.5 Å². The van der Waals surface area contributed by atoms with Crippen LogP contribution >= 0.6 is 15.9 Å². The summed E-state index contributed by atoms with van der Waals surface area (Å²) in [6.45, 7) is 4.80. The predicted molar refractivity (Wildman–Crippen MR) is 93.0 cm³/mol. The molecule has 1 fully saturated rings. The van der Waals surface area contributed by atoms with Gasteiger partial charge >= 0.3 is 0 Å². The van der Waals surface area contributed by atoms with Crippen LogP contribution in [0.5, 0.6) is 0 Å². The van der Waals surface area contributed by atoms with Gasteiger partial charge in [-0.2, -0.15) is 0 Å². The molecule has 2 atom stereocenters. The number of hydrogen-bond donors (Lipinski definition) is 0. The van der Waals surface area contributed by atoms with Gasteiger partial charge in [-0.25, -0.2) is 0 Å². The molecule has 0 saturated heterocycles. The van der Waals surface area contributed by atoms with E-state index in [0.29, 0.717) is 0 Å². The molecule has 2 aliphatic heterocycles. The molecular weight excluding hydrogens is 334 g/mol. The largest absolute Gasteiger partial charge is 0.273 e. The van der Waals surface area contributed by atoms with Crippen molar-refractivity contribution in [3.63, 3.8) is 0 Å². The molecule has 1 saturated carbocycles. The molecule has 2 aromatic rings. The second-order valence-electron chi connectivity index (χ2n) is 7.12. The molecule has 2 bridgehead atoms. The van der Waals surface area contributed by atoms with Crippen LogP contribution in [-0.4, -0.2) is 10.9 Å². The van der Waals surface area contributed by atoms with Gasteiger partial charge in [-0.3, -0.25) is 4.90 Å². The lowest BCUT2D eigenvalue weighted by Crippen LogP contribution is -2.45. The first kappa shape index (κ1) is 13.3. The Balaban J connectivity index is 1.92.